The molecule has 1 aliphatic rings. The number of halogens is 1. The van der Waals surface area contributed by atoms with Crippen LogP contribution in [0.5, 0.6) is 0 Å². The summed E-state index contributed by atoms with van der Waals surface area (Å²) in [6, 6.07) is 15.0. The van der Waals surface area contributed by atoms with Gasteiger partial charge in [-0.15, -0.1) is 0 Å². The number of amidine groups is 1. The Morgan fingerprint density at radius 1 is 1.12 bits per heavy atom. The Hall–Kier alpha value is -2.44. The Labute approximate surface area is 149 Å². The smallest absolute Gasteiger partial charge is 0.284 e. The predicted octanol–water partition coefficient (Wildman–Crippen LogP) is 3.78. The second kappa shape index (κ2) is 7.90. The monoisotopic (exact) mass is 358 g/mol. The molecular weight excluding hydrogens is 344 g/mol. The summed E-state index contributed by atoms with van der Waals surface area (Å²) in [4.78, 5) is 17.1. The van der Waals surface area contributed by atoms with Crippen molar-refractivity contribution in [3.63, 3.8) is 0 Å². The van der Waals surface area contributed by atoms with Crippen LogP contribution in [-0.2, 0) is 6.42 Å². The summed E-state index contributed by atoms with van der Waals surface area (Å²) in [7, 11) is 0. The highest BCUT2D eigenvalue weighted by Crippen LogP contribution is 2.23. The molecule has 5 nitrogen and oxygen atoms in total. The van der Waals surface area contributed by atoms with E-state index < -0.39 is 0 Å². The van der Waals surface area contributed by atoms with Gasteiger partial charge in [0.05, 0.1) is 0 Å². The molecule has 2 aromatic rings. The highest BCUT2D eigenvalue weighted by molar-refractivity contribution is 7.98. The number of amides is 2. The SMILES string of the molecule is O=C(NNC1=NC=Cc2c(Cl)cccc2C1)NSc1ccccc1. The van der Waals surface area contributed by atoms with Crippen molar-refractivity contribution in [1.29, 1.82) is 0 Å². The normalized spacial score (nSPS) is 12.6. The van der Waals surface area contributed by atoms with Gasteiger partial charge in [-0.2, -0.15) is 0 Å². The minimum atomic E-state index is -0.355. The number of carbonyl (C=O) groups excluding carboxylic acids is 1. The quantitative estimate of drug-likeness (QED) is 0.565. The summed E-state index contributed by atoms with van der Waals surface area (Å²) in [6.45, 7) is 0. The van der Waals surface area contributed by atoms with Crippen molar-refractivity contribution >= 4 is 41.5 Å². The van der Waals surface area contributed by atoms with Crippen LogP contribution >= 0.6 is 23.5 Å². The van der Waals surface area contributed by atoms with Crippen molar-refractivity contribution in [3.8, 4) is 0 Å². The Kier molecular flexibility index (Phi) is 5.40. The third-order valence-corrected chi connectivity index (χ3v) is 4.42. The first-order valence-electron chi connectivity index (χ1n) is 7.27. The molecule has 0 bridgehead atoms. The van der Waals surface area contributed by atoms with E-state index in [4.69, 9.17) is 11.6 Å². The molecule has 122 valence electrons. The number of hydrogen-bond donors (Lipinski definition) is 3. The predicted molar refractivity (Wildman–Crippen MR) is 98.7 cm³/mol. The second-order valence-corrected chi connectivity index (χ2v) is 6.26. The molecule has 0 atom stereocenters. The maximum absolute atomic E-state index is 11.8. The molecule has 0 radical (unpaired) electrons. The number of nitrogens with one attached hydrogen (secondary N) is 3. The van der Waals surface area contributed by atoms with E-state index in [-0.39, 0.29) is 6.03 Å². The highest BCUT2D eigenvalue weighted by atomic mass is 35.5. The van der Waals surface area contributed by atoms with E-state index in [1.54, 1.807) is 6.20 Å². The number of aliphatic imine (C=N–C) groups is 1. The Morgan fingerprint density at radius 2 is 1.96 bits per heavy atom. The summed E-state index contributed by atoms with van der Waals surface area (Å²) < 4.78 is 2.69. The molecule has 2 amide bonds. The standard InChI is InChI=1S/C17H15ClN4OS/c18-15-8-4-5-12-11-16(19-10-9-14(12)15)20-21-17(23)22-24-13-6-2-1-3-7-13/h1-10H,11H2,(H,19,20)(H2,21,22,23). The van der Waals surface area contributed by atoms with E-state index in [1.165, 1.54) is 11.9 Å². The average molecular weight is 359 g/mol. The summed E-state index contributed by atoms with van der Waals surface area (Å²) in [5.41, 5.74) is 7.41. The van der Waals surface area contributed by atoms with Crippen molar-refractivity contribution in [2.24, 2.45) is 4.99 Å². The van der Waals surface area contributed by atoms with Crippen molar-refractivity contribution in [3.05, 3.63) is 70.9 Å². The fraction of sp³-hybridized carbons (Fsp3) is 0.0588. The lowest BCUT2D eigenvalue weighted by molar-refractivity contribution is 0.244. The zero-order chi connectivity index (χ0) is 16.8. The first-order valence-corrected chi connectivity index (χ1v) is 8.46. The van der Waals surface area contributed by atoms with Gasteiger partial charge in [-0.1, -0.05) is 41.9 Å². The maximum atomic E-state index is 11.8. The number of nitrogens with zero attached hydrogens (tertiary/aromatic N) is 1. The van der Waals surface area contributed by atoms with Crippen LogP contribution in [0.15, 0.2) is 64.6 Å². The Morgan fingerprint density at radius 3 is 2.79 bits per heavy atom. The van der Waals surface area contributed by atoms with Gasteiger partial charge in [0.15, 0.2) is 0 Å². The molecule has 0 saturated heterocycles. The number of carbonyl (C=O) groups is 1. The number of rotatable bonds is 2. The molecule has 0 saturated carbocycles. The van der Waals surface area contributed by atoms with Crippen molar-refractivity contribution < 1.29 is 4.79 Å². The van der Waals surface area contributed by atoms with E-state index in [0.717, 1.165) is 16.0 Å². The van der Waals surface area contributed by atoms with Crippen LogP contribution in [0.3, 0.4) is 0 Å². The van der Waals surface area contributed by atoms with E-state index in [9.17, 15) is 4.79 Å². The fourth-order valence-corrected chi connectivity index (χ4v) is 2.99. The highest BCUT2D eigenvalue weighted by Gasteiger charge is 2.11. The zero-order valence-electron chi connectivity index (χ0n) is 12.6. The van der Waals surface area contributed by atoms with Gasteiger partial charge in [0, 0.05) is 22.5 Å². The van der Waals surface area contributed by atoms with Gasteiger partial charge in [-0.3, -0.25) is 10.1 Å². The molecule has 0 aromatic heterocycles. The molecule has 2 aromatic carbocycles. The van der Waals surface area contributed by atoms with Crippen LogP contribution < -0.4 is 15.6 Å². The number of hydrazine groups is 1. The summed E-state index contributed by atoms with van der Waals surface area (Å²) in [5, 5.41) is 0.685. The average Bonchev–Trinajstić information content (AvgIpc) is 2.82. The van der Waals surface area contributed by atoms with Crippen molar-refractivity contribution in [1.82, 2.24) is 15.6 Å². The van der Waals surface area contributed by atoms with E-state index in [1.807, 2.05) is 54.6 Å². The molecular formula is C17H15ClN4OS. The van der Waals surface area contributed by atoms with Crippen LogP contribution in [0.25, 0.3) is 6.08 Å². The third kappa shape index (κ3) is 4.31. The molecule has 3 rings (SSSR count). The maximum Gasteiger partial charge on any atom is 0.343 e. The Balaban J connectivity index is 1.52. The molecule has 3 N–H and O–H groups in total. The summed E-state index contributed by atoms with van der Waals surface area (Å²) in [6.07, 6.45) is 4.07. The second-order valence-electron chi connectivity index (χ2n) is 4.98. The molecule has 0 aliphatic carbocycles. The third-order valence-electron chi connectivity index (χ3n) is 3.30. The van der Waals surface area contributed by atoms with Crippen LogP contribution in [0.2, 0.25) is 5.02 Å². The van der Waals surface area contributed by atoms with Gasteiger partial charge in [0.2, 0.25) is 0 Å². The molecule has 0 unspecified atom stereocenters. The van der Waals surface area contributed by atoms with Gasteiger partial charge < -0.3 is 0 Å². The molecule has 1 heterocycles. The number of benzene rings is 2. The van der Waals surface area contributed by atoms with Gasteiger partial charge in [0.25, 0.3) is 0 Å². The minimum Gasteiger partial charge on any atom is -0.284 e. The summed E-state index contributed by atoms with van der Waals surface area (Å²) >= 11 is 7.42. The van der Waals surface area contributed by atoms with Crippen LogP contribution in [0, 0.1) is 0 Å². The van der Waals surface area contributed by atoms with Crippen molar-refractivity contribution in [2.45, 2.75) is 11.3 Å². The first kappa shape index (κ1) is 16.4. The molecule has 0 fully saturated rings. The number of hydrogen-bond acceptors (Lipinski definition) is 4. The topological polar surface area (TPSA) is 65.5 Å². The van der Waals surface area contributed by atoms with Crippen LogP contribution in [-0.4, -0.2) is 11.9 Å². The lowest BCUT2D eigenvalue weighted by atomic mass is 10.0. The van der Waals surface area contributed by atoms with Gasteiger partial charge in [-0.05, 0) is 47.3 Å². The van der Waals surface area contributed by atoms with E-state index in [0.29, 0.717) is 17.3 Å². The lowest BCUT2D eigenvalue weighted by Crippen LogP contribution is -2.45. The molecule has 0 spiro atoms. The largest absolute Gasteiger partial charge is 0.343 e. The minimum absolute atomic E-state index is 0.355. The van der Waals surface area contributed by atoms with Gasteiger partial charge >= 0.3 is 6.03 Å². The zero-order valence-corrected chi connectivity index (χ0v) is 14.2. The molecule has 24 heavy (non-hydrogen) atoms. The first-order chi connectivity index (χ1) is 11.7. The Bertz CT molecular complexity index is 792. The number of fused-ring (bicyclic) bond motifs is 1. The van der Waals surface area contributed by atoms with Crippen LogP contribution in [0.4, 0.5) is 4.79 Å². The fourth-order valence-electron chi connectivity index (χ4n) is 2.18. The van der Waals surface area contributed by atoms with E-state index in [2.05, 4.69) is 20.6 Å². The summed E-state index contributed by atoms with van der Waals surface area (Å²) in [5.74, 6) is 0.632. The van der Waals surface area contributed by atoms with E-state index >= 15 is 0 Å². The van der Waals surface area contributed by atoms with Gasteiger partial charge in [-0.25, -0.2) is 15.2 Å². The van der Waals surface area contributed by atoms with Crippen LogP contribution in [0.1, 0.15) is 11.1 Å². The van der Waals surface area contributed by atoms with Crippen molar-refractivity contribution in [2.75, 3.05) is 0 Å². The molecule has 1 aliphatic heterocycles. The lowest BCUT2D eigenvalue weighted by Gasteiger charge is -2.12. The number of urea groups is 1. The molecule has 7 heteroatoms. The van der Waals surface area contributed by atoms with Gasteiger partial charge in [0.1, 0.15) is 5.84 Å².